The number of nitrogens with two attached hydrogens (primary N) is 1. The molecule has 1 aromatic carbocycles. The van der Waals surface area contributed by atoms with Crippen LogP contribution in [0, 0.1) is 6.92 Å². The van der Waals surface area contributed by atoms with Crippen LogP contribution in [0.2, 0.25) is 0 Å². The molecule has 4 N–H and O–H groups in total. The third-order valence-electron chi connectivity index (χ3n) is 4.99. The van der Waals surface area contributed by atoms with Crippen LogP contribution in [0.3, 0.4) is 0 Å². The number of hydrogen-bond acceptors (Lipinski definition) is 7. The Bertz CT molecular complexity index is 1120. The zero-order chi connectivity index (χ0) is 23.3. The van der Waals surface area contributed by atoms with E-state index in [0.717, 1.165) is 41.7 Å². The van der Waals surface area contributed by atoms with Crippen LogP contribution in [-0.4, -0.2) is 39.4 Å². The fourth-order valence-corrected chi connectivity index (χ4v) is 5.73. The molecule has 0 atom stereocenters. The number of benzene rings is 1. The van der Waals surface area contributed by atoms with Crippen molar-refractivity contribution in [2.75, 3.05) is 18.5 Å². The summed E-state index contributed by atoms with van der Waals surface area (Å²) in [5.41, 5.74) is 7.64. The molecule has 0 spiro atoms. The summed E-state index contributed by atoms with van der Waals surface area (Å²) in [5, 5.41) is 2.97. The Morgan fingerprint density at radius 3 is 2.50 bits per heavy atom. The minimum absolute atomic E-state index is 0.0970. The van der Waals surface area contributed by atoms with Crippen LogP contribution in [0.15, 0.2) is 29.2 Å². The van der Waals surface area contributed by atoms with Crippen LogP contribution in [0.25, 0.3) is 0 Å². The maximum Gasteiger partial charge on any atom is 0.307 e. The Kier molecular flexibility index (Phi) is 7.64. The number of carbonyl (C=O) groups is 3. The maximum atomic E-state index is 12.2. The Hall–Kier alpha value is -2.76. The molecular weight excluding hydrogens is 454 g/mol. The fraction of sp³-hybridized carbons (Fsp3) is 0.381. The Balaban J connectivity index is 1.47. The van der Waals surface area contributed by atoms with E-state index in [2.05, 4.69) is 10.0 Å². The van der Waals surface area contributed by atoms with Gasteiger partial charge < -0.3 is 15.8 Å². The molecular formula is C21H25N3O6S2. The number of rotatable bonds is 9. The van der Waals surface area contributed by atoms with Gasteiger partial charge in [-0.3, -0.25) is 14.4 Å². The number of nitrogens with one attached hydrogen (secondary N) is 2. The third kappa shape index (κ3) is 5.93. The number of hydrogen-bond donors (Lipinski definition) is 3. The molecule has 1 aliphatic rings. The van der Waals surface area contributed by atoms with Crippen molar-refractivity contribution in [3.63, 3.8) is 0 Å². The van der Waals surface area contributed by atoms with E-state index in [1.807, 2.05) is 6.92 Å². The molecule has 172 valence electrons. The molecule has 0 fully saturated rings. The maximum absolute atomic E-state index is 12.2. The van der Waals surface area contributed by atoms with Gasteiger partial charge >= 0.3 is 5.97 Å². The first kappa shape index (κ1) is 23.9. The van der Waals surface area contributed by atoms with Crippen molar-refractivity contribution in [3.05, 3.63) is 45.8 Å². The molecule has 0 aliphatic heterocycles. The van der Waals surface area contributed by atoms with E-state index in [0.29, 0.717) is 10.6 Å². The van der Waals surface area contributed by atoms with Gasteiger partial charge in [0, 0.05) is 11.4 Å². The first-order valence-electron chi connectivity index (χ1n) is 10.1. The van der Waals surface area contributed by atoms with Gasteiger partial charge in [-0.15, -0.1) is 11.3 Å². The number of primary amides is 1. The molecule has 3 rings (SSSR count). The van der Waals surface area contributed by atoms with Gasteiger partial charge in [0.05, 0.1) is 16.9 Å². The monoisotopic (exact) mass is 479 g/mol. The second-order valence-electron chi connectivity index (χ2n) is 7.45. The standard InChI is InChI=1S/C21H25N3O6S2/c1-13-6-8-14(9-7-13)32(28,29)23-11-10-18(26)30-12-17(25)24-21-19(20(22)27)15-4-2-3-5-16(15)31-21/h6-9,23H,2-5,10-12H2,1H3,(H2,22,27)(H,24,25). The number of thiophene rings is 1. The lowest BCUT2D eigenvalue weighted by Crippen LogP contribution is -2.28. The molecule has 0 saturated carbocycles. The number of fused-ring (bicyclic) bond motifs is 1. The second-order valence-corrected chi connectivity index (χ2v) is 10.3. The van der Waals surface area contributed by atoms with Gasteiger partial charge in [0.2, 0.25) is 10.0 Å². The van der Waals surface area contributed by atoms with E-state index >= 15 is 0 Å². The van der Waals surface area contributed by atoms with E-state index < -0.39 is 34.4 Å². The summed E-state index contributed by atoms with van der Waals surface area (Å²) in [5.74, 6) is -1.93. The number of esters is 1. The molecule has 32 heavy (non-hydrogen) atoms. The summed E-state index contributed by atoms with van der Waals surface area (Å²) in [6.07, 6.45) is 3.32. The number of anilines is 1. The van der Waals surface area contributed by atoms with Crippen LogP contribution in [0.4, 0.5) is 5.00 Å². The summed E-state index contributed by atoms with van der Waals surface area (Å²) in [4.78, 5) is 37.1. The molecule has 9 nitrogen and oxygen atoms in total. The third-order valence-corrected chi connectivity index (χ3v) is 7.67. The number of sulfonamides is 1. The van der Waals surface area contributed by atoms with Gasteiger partial charge in [-0.1, -0.05) is 17.7 Å². The van der Waals surface area contributed by atoms with Gasteiger partial charge in [0.25, 0.3) is 11.8 Å². The van der Waals surface area contributed by atoms with E-state index in [9.17, 15) is 22.8 Å². The highest BCUT2D eigenvalue weighted by Gasteiger charge is 2.25. The van der Waals surface area contributed by atoms with Crippen molar-refractivity contribution in [2.45, 2.75) is 43.9 Å². The number of carbonyl (C=O) groups excluding carboxylic acids is 3. The number of aryl methyl sites for hydroxylation is 2. The minimum Gasteiger partial charge on any atom is -0.456 e. The zero-order valence-corrected chi connectivity index (χ0v) is 19.2. The molecule has 0 unspecified atom stereocenters. The van der Waals surface area contributed by atoms with Gasteiger partial charge in [-0.2, -0.15) is 0 Å². The van der Waals surface area contributed by atoms with Crippen LogP contribution in [0.5, 0.6) is 0 Å². The SMILES string of the molecule is Cc1ccc(S(=O)(=O)NCCC(=O)OCC(=O)Nc2sc3c(c2C(N)=O)CCCC3)cc1. The van der Waals surface area contributed by atoms with Crippen molar-refractivity contribution < 1.29 is 27.5 Å². The van der Waals surface area contributed by atoms with Crippen molar-refractivity contribution in [1.29, 1.82) is 0 Å². The van der Waals surface area contributed by atoms with Gasteiger partial charge in [0.1, 0.15) is 5.00 Å². The van der Waals surface area contributed by atoms with Gasteiger partial charge in [-0.05, 0) is 50.3 Å². The normalized spacial score (nSPS) is 13.3. The summed E-state index contributed by atoms with van der Waals surface area (Å²) >= 11 is 1.32. The largest absolute Gasteiger partial charge is 0.456 e. The van der Waals surface area contributed by atoms with Crippen molar-refractivity contribution in [2.24, 2.45) is 5.73 Å². The Morgan fingerprint density at radius 1 is 1.12 bits per heavy atom. The molecule has 0 saturated heterocycles. The van der Waals surface area contributed by atoms with Crippen LogP contribution >= 0.6 is 11.3 Å². The quantitative estimate of drug-likeness (QED) is 0.468. The predicted octanol–water partition coefficient (Wildman–Crippen LogP) is 1.88. The van der Waals surface area contributed by atoms with E-state index in [4.69, 9.17) is 10.5 Å². The van der Waals surface area contributed by atoms with Gasteiger partial charge in [-0.25, -0.2) is 13.1 Å². The highest BCUT2D eigenvalue weighted by atomic mass is 32.2. The highest BCUT2D eigenvalue weighted by Crippen LogP contribution is 2.37. The number of amides is 2. The summed E-state index contributed by atoms with van der Waals surface area (Å²) in [6, 6.07) is 6.30. The van der Waals surface area contributed by atoms with E-state index in [1.165, 1.54) is 23.5 Å². The van der Waals surface area contributed by atoms with Crippen LogP contribution < -0.4 is 15.8 Å². The topological polar surface area (TPSA) is 145 Å². The minimum atomic E-state index is -3.74. The van der Waals surface area contributed by atoms with Crippen molar-refractivity contribution in [3.8, 4) is 0 Å². The first-order chi connectivity index (χ1) is 15.2. The molecule has 0 bridgehead atoms. The lowest BCUT2D eigenvalue weighted by Gasteiger charge is -2.11. The van der Waals surface area contributed by atoms with Crippen molar-refractivity contribution in [1.82, 2.24) is 4.72 Å². The molecule has 1 aliphatic carbocycles. The average Bonchev–Trinajstić information content (AvgIpc) is 3.10. The lowest BCUT2D eigenvalue weighted by molar-refractivity contribution is -0.147. The van der Waals surface area contributed by atoms with E-state index in [1.54, 1.807) is 12.1 Å². The molecule has 2 amide bonds. The summed E-state index contributed by atoms with van der Waals surface area (Å²) in [7, 11) is -3.74. The number of ether oxygens (including phenoxy) is 1. The van der Waals surface area contributed by atoms with E-state index in [-0.39, 0.29) is 17.9 Å². The fourth-order valence-electron chi connectivity index (χ4n) is 3.38. The molecule has 1 aromatic heterocycles. The van der Waals surface area contributed by atoms with Crippen molar-refractivity contribution >= 4 is 44.1 Å². The average molecular weight is 480 g/mol. The Labute approximate surface area is 190 Å². The second kappa shape index (κ2) is 10.2. The van der Waals surface area contributed by atoms with Crippen LogP contribution in [0.1, 0.15) is 45.6 Å². The molecule has 1 heterocycles. The predicted molar refractivity (Wildman–Crippen MR) is 120 cm³/mol. The Morgan fingerprint density at radius 2 is 1.81 bits per heavy atom. The highest BCUT2D eigenvalue weighted by molar-refractivity contribution is 7.89. The van der Waals surface area contributed by atoms with Gasteiger partial charge in [0.15, 0.2) is 6.61 Å². The molecule has 0 radical (unpaired) electrons. The smallest absolute Gasteiger partial charge is 0.307 e. The summed E-state index contributed by atoms with van der Waals surface area (Å²) < 4.78 is 31.6. The van der Waals surface area contributed by atoms with Crippen LogP contribution in [-0.2, 0) is 37.2 Å². The first-order valence-corrected chi connectivity index (χ1v) is 12.4. The zero-order valence-electron chi connectivity index (χ0n) is 17.6. The lowest BCUT2D eigenvalue weighted by atomic mass is 9.95. The molecule has 11 heteroatoms. The summed E-state index contributed by atoms with van der Waals surface area (Å²) in [6.45, 7) is 1.13. The molecule has 2 aromatic rings.